The quantitative estimate of drug-likeness (QED) is 0.744. The molecule has 0 bridgehead atoms. The van der Waals surface area contributed by atoms with Gasteiger partial charge in [0, 0.05) is 27.1 Å². The number of carbonyl (C=O) groups excluding carboxylic acids is 1. The molecule has 1 fully saturated rings. The molecule has 0 spiro atoms. The molecule has 1 aromatic rings. The number of piperidine rings is 1. The first-order valence-corrected chi connectivity index (χ1v) is 9.82. The van der Waals surface area contributed by atoms with Gasteiger partial charge < -0.3 is 10.6 Å². The highest BCUT2D eigenvalue weighted by Gasteiger charge is 2.17. The Hall–Kier alpha value is -1.15. The molecule has 0 aromatic heterocycles. The highest BCUT2D eigenvalue weighted by atomic mass is 35.5. The molecular weight excluding hydrogens is 362 g/mol. The van der Waals surface area contributed by atoms with Gasteiger partial charge in [0.2, 0.25) is 15.9 Å². The lowest BCUT2D eigenvalue weighted by atomic mass is 9.93. The van der Waals surface area contributed by atoms with Crippen molar-refractivity contribution in [2.24, 2.45) is 5.92 Å². The fourth-order valence-corrected chi connectivity index (χ4v) is 3.69. The lowest BCUT2D eigenvalue weighted by Gasteiger charge is -2.22. The molecule has 0 atom stereocenters. The van der Waals surface area contributed by atoms with Crippen molar-refractivity contribution in [3.8, 4) is 0 Å². The first-order chi connectivity index (χ1) is 11.4. The number of rotatable bonds is 7. The van der Waals surface area contributed by atoms with Crippen molar-refractivity contribution >= 4 is 28.3 Å². The average molecular weight is 390 g/mol. The molecule has 1 amide bonds. The van der Waals surface area contributed by atoms with Gasteiger partial charge in [0.1, 0.15) is 0 Å². The summed E-state index contributed by atoms with van der Waals surface area (Å²) in [7, 11) is -0.394. The number of benzene rings is 1. The Balaban J connectivity index is 0.00000312. The van der Waals surface area contributed by atoms with E-state index in [1.165, 1.54) is 18.4 Å². The van der Waals surface area contributed by atoms with Crippen LogP contribution in [-0.2, 0) is 21.4 Å². The zero-order valence-electron chi connectivity index (χ0n) is 14.8. The van der Waals surface area contributed by atoms with Gasteiger partial charge in [-0.15, -0.1) is 12.4 Å². The van der Waals surface area contributed by atoms with Crippen LogP contribution in [0.3, 0.4) is 0 Å². The maximum atomic E-state index is 12.0. The van der Waals surface area contributed by atoms with E-state index in [2.05, 4.69) is 10.6 Å². The third-order valence-corrected chi connectivity index (χ3v) is 6.26. The molecule has 0 saturated carbocycles. The SMILES string of the molecule is CN(C)S(=O)(=O)c1ccc(CNC(=O)CCC2CCNCC2)cc1.Cl. The van der Waals surface area contributed by atoms with E-state index in [0.717, 1.165) is 37.9 Å². The summed E-state index contributed by atoms with van der Waals surface area (Å²) in [5.74, 6) is 0.700. The van der Waals surface area contributed by atoms with E-state index in [-0.39, 0.29) is 23.2 Å². The Kier molecular flexibility index (Phi) is 8.85. The van der Waals surface area contributed by atoms with Gasteiger partial charge in [-0.3, -0.25) is 4.79 Å². The number of hydrogen-bond acceptors (Lipinski definition) is 4. The van der Waals surface area contributed by atoms with E-state index in [4.69, 9.17) is 0 Å². The van der Waals surface area contributed by atoms with Crippen LogP contribution < -0.4 is 10.6 Å². The van der Waals surface area contributed by atoms with Gasteiger partial charge in [-0.1, -0.05) is 12.1 Å². The van der Waals surface area contributed by atoms with Crippen LogP contribution in [0.25, 0.3) is 0 Å². The molecule has 0 radical (unpaired) electrons. The Labute approximate surface area is 156 Å². The minimum Gasteiger partial charge on any atom is -0.352 e. The van der Waals surface area contributed by atoms with E-state index in [0.29, 0.717) is 18.9 Å². The van der Waals surface area contributed by atoms with Crippen LogP contribution in [-0.4, -0.2) is 45.8 Å². The summed E-state index contributed by atoms with van der Waals surface area (Å²) >= 11 is 0. The number of hydrogen-bond donors (Lipinski definition) is 2. The molecule has 2 N–H and O–H groups in total. The van der Waals surface area contributed by atoms with Crippen molar-refractivity contribution in [2.45, 2.75) is 37.1 Å². The van der Waals surface area contributed by atoms with Gasteiger partial charge in [0.25, 0.3) is 0 Å². The Bertz CT molecular complexity index is 642. The molecule has 25 heavy (non-hydrogen) atoms. The number of sulfonamides is 1. The normalized spacial score (nSPS) is 15.6. The van der Waals surface area contributed by atoms with Gasteiger partial charge in [-0.05, 0) is 56.0 Å². The third-order valence-electron chi connectivity index (χ3n) is 4.43. The summed E-state index contributed by atoms with van der Waals surface area (Å²) < 4.78 is 25.2. The summed E-state index contributed by atoms with van der Waals surface area (Å²) in [5.41, 5.74) is 0.892. The van der Waals surface area contributed by atoms with Crippen molar-refractivity contribution < 1.29 is 13.2 Å². The fourth-order valence-electron chi connectivity index (χ4n) is 2.78. The summed E-state index contributed by atoms with van der Waals surface area (Å²) in [5, 5.41) is 6.23. The summed E-state index contributed by atoms with van der Waals surface area (Å²) in [4.78, 5) is 12.2. The van der Waals surface area contributed by atoms with E-state index < -0.39 is 10.0 Å². The van der Waals surface area contributed by atoms with Gasteiger partial charge in [0.15, 0.2) is 0 Å². The molecule has 0 unspecified atom stereocenters. The summed E-state index contributed by atoms with van der Waals surface area (Å²) in [6.45, 7) is 2.52. The van der Waals surface area contributed by atoms with Gasteiger partial charge in [-0.2, -0.15) is 0 Å². The van der Waals surface area contributed by atoms with Crippen molar-refractivity contribution in [3.05, 3.63) is 29.8 Å². The third kappa shape index (κ3) is 6.58. The second-order valence-corrected chi connectivity index (χ2v) is 8.59. The molecule has 2 rings (SSSR count). The number of halogens is 1. The zero-order valence-corrected chi connectivity index (χ0v) is 16.5. The van der Waals surface area contributed by atoms with Gasteiger partial charge >= 0.3 is 0 Å². The average Bonchev–Trinajstić information content (AvgIpc) is 2.59. The lowest BCUT2D eigenvalue weighted by Crippen LogP contribution is -2.29. The van der Waals surface area contributed by atoms with Crippen LogP contribution in [0.2, 0.25) is 0 Å². The molecule has 1 heterocycles. The summed E-state index contributed by atoms with van der Waals surface area (Å²) in [6.07, 6.45) is 3.79. The topological polar surface area (TPSA) is 78.5 Å². The van der Waals surface area contributed by atoms with Crippen molar-refractivity contribution in [3.63, 3.8) is 0 Å². The summed E-state index contributed by atoms with van der Waals surface area (Å²) in [6, 6.07) is 6.63. The second kappa shape index (κ2) is 10.1. The molecule has 1 aliphatic rings. The van der Waals surface area contributed by atoms with Crippen molar-refractivity contribution in [1.29, 1.82) is 0 Å². The van der Waals surface area contributed by atoms with Crippen LogP contribution in [0.15, 0.2) is 29.2 Å². The van der Waals surface area contributed by atoms with E-state index >= 15 is 0 Å². The van der Waals surface area contributed by atoms with E-state index in [1.807, 2.05) is 0 Å². The smallest absolute Gasteiger partial charge is 0.242 e. The molecule has 6 nitrogen and oxygen atoms in total. The Morgan fingerprint density at radius 1 is 1.20 bits per heavy atom. The molecule has 8 heteroatoms. The molecule has 1 aromatic carbocycles. The first kappa shape index (κ1) is 21.9. The molecular formula is C17H28ClN3O3S. The standard InChI is InChI=1S/C17H27N3O3S.ClH/c1-20(2)24(22,23)16-6-3-15(4-7-16)13-19-17(21)8-5-14-9-11-18-12-10-14;/h3-4,6-7,14,18H,5,8-13H2,1-2H3,(H,19,21);1H. The van der Waals surface area contributed by atoms with Crippen LogP contribution in [0.1, 0.15) is 31.2 Å². The highest BCUT2D eigenvalue weighted by molar-refractivity contribution is 7.89. The van der Waals surface area contributed by atoms with Crippen LogP contribution in [0.4, 0.5) is 0 Å². The maximum absolute atomic E-state index is 12.0. The number of nitrogens with zero attached hydrogens (tertiary/aromatic N) is 1. The first-order valence-electron chi connectivity index (χ1n) is 8.38. The van der Waals surface area contributed by atoms with Gasteiger partial charge in [-0.25, -0.2) is 12.7 Å². The predicted octanol–water partition coefficient (Wildman–Crippen LogP) is 1.75. The van der Waals surface area contributed by atoms with Crippen molar-refractivity contribution in [1.82, 2.24) is 14.9 Å². The molecule has 1 saturated heterocycles. The molecule has 1 aliphatic heterocycles. The van der Waals surface area contributed by atoms with Gasteiger partial charge in [0.05, 0.1) is 4.90 Å². The van der Waals surface area contributed by atoms with E-state index in [9.17, 15) is 13.2 Å². The molecule has 142 valence electrons. The lowest BCUT2D eigenvalue weighted by molar-refractivity contribution is -0.121. The number of amides is 1. The second-order valence-electron chi connectivity index (χ2n) is 6.44. The monoisotopic (exact) mass is 389 g/mol. The minimum absolute atomic E-state index is 0. The largest absolute Gasteiger partial charge is 0.352 e. The van der Waals surface area contributed by atoms with Crippen LogP contribution in [0, 0.1) is 5.92 Å². The number of carbonyl (C=O) groups is 1. The Morgan fingerprint density at radius 3 is 2.36 bits per heavy atom. The predicted molar refractivity (Wildman–Crippen MR) is 101 cm³/mol. The Morgan fingerprint density at radius 2 is 1.80 bits per heavy atom. The molecule has 0 aliphatic carbocycles. The van der Waals surface area contributed by atoms with Crippen LogP contribution >= 0.6 is 12.4 Å². The number of nitrogens with one attached hydrogen (secondary N) is 2. The highest BCUT2D eigenvalue weighted by Crippen LogP contribution is 2.17. The maximum Gasteiger partial charge on any atom is 0.242 e. The fraction of sp³-hybridized carbons (Fsp3) is 0.588. The van der Waals surface area contributed by atoms with E-state index in [1.54, 1.807) is 24.3 Å². The van der Waals surface area contributed by atoms with Crippen LogP contribution in [0.5, 0.6) is 0 Å². The van der Waals surface area contributed by atoms with Crippen molar-refractivity contribution in [2.75, 3.05) is 27.2 Å². The zero-order chi connectivity index (χ0) is 17.6. The minimum atomic E-state index is -3.41.